The predicted octanol–water partition coefficient (Wildman–Crippen LogP) is 2.71. The van der Waals surface area contributed by atoms with Crippen LogP contribution in [0, 0.1) is 6.92 Å². The zero-order valence-electron chi connectivity index (χ0n) is 8.43. The van der Waals surface area contributed by atoms with Gasteiger partial charge in [-0.3, -0.25) is 0 Å². The van der Waals surface area contributed by atoms with Crippen LogP contribution in [-0.4, -0.2) is 7.11 Å². The number of hydrogen-bond donors (Lipinski definition) is 1. The van der Waals surface area contributed by atoms with Gasteiger partial charge >= 0.3 is 0 Å². The number of methoxy groups -OCH3 is 1. The molecule has 0 amide bonds. The van der Waals surface area contributed by atoms with Crippen LogP contribution in [0.1, 0.15) is 24.0 Å². The van der Waals surface area contributed by atoms with E-state index in [-0.39, 0.29) is 5.54 Å². The normalized spacial score (nSPS) is 18.0. The molecule has 2 nitrogen and oxygen atoms in total. The average Bonchev–Trinajstić information content (AvgIpc) is 2.84. The fourth-order valence-corrected chi connectivity index (χ4v) is 2.45. The second-order valence-electron chi connectivity index (χ2n) is 3.98. The van der Waals surface area contributed by atoms with E-state index < -0.39 is 0 Å². The lowest BCUT2D eigenvalue weighted by atomic mass is 10.0. The highest BCUT2D eigenvalue weighted by Crippen LogP contribution is 2.48. The average molecular weight is 256 g/mol. The maximum Gasteiger partial charge on any atom is 0.138 e. The third-order valence-electron chi connectivity index (χ3n) is 2.72. The first-order chi connectivity index (χ1) is 6.57. The lowest BCUT2D eigenvalue weighted by Gasteiger charge is -2.16. The van der Waals surface area contributed by atoms with E-state index in [9.17, 15) is 0 Å². The highest BCUT2D eigenvalue weighted by molar-refractivity contribution is 9.10. The number of halogens is 1. The molecular weight excluding hydrogens is 242 g/mol. The van der Waals surface area contributed by atoms with Crippen LogP contribution in [0.15, 0.2) is 16.6 Å². The van der Waals surface area contributed by atoms with E-state index in [1.54, 1.807) is 7.11 Å². The maximum absolute atomic E-state index is 6.18. The van der Waals surface area contributed by atoms with Crippen LogP contribution in [0.5, 0.6) is 5.75 Å². The smallest absolute Gasteiger partial charge is 0.138 e. The SMILES string of the molecule is COc1c(Br)cc(C)cc1C1(N)CC1. The first-order valence-corrected chi connectivity index (χ1v) is 5.49. The van der Waals surface area contributed by atoms with Crippen molar-refractivity contribution in [2.45, 2.75) is 25.3 Å². The largest absolute Gasteiger partial charge is 0.495 e. The quantitative estimate of drug-likeness (QED) is 0.882. The molecule has 2 N–H and O–H groups in total. The Morgan fingerprint density at radius 2 is 2.07 bits per heavy atom. The van der Waals surface area contributed by atoms with Gasteiger partial charge in [0.25, 0.3) is 0 Å². The molecule has 1 aliphatic carbocycles. The molecular formula is C11H14BrNO. The van der Waals surface area contributed by atoms with Crippen molar-refractivity contribution < 1.29 is 4.74 Å². The topological polar surface area (TPSA) is 35.2 Å². The van der Waals surface area contributed by atoms with Crippen molar-refractivity contribution in [2.24, 2.45) is 5.73 Å². The summed E-state index contributed by atoms with van der Waals surface area (Å²) in [5.41, 5.74) is 8.39. The van der Waals surface area contributed by atoms with E-state index in [0.717, 1.165) is 28.6 Å². The van der Waals surface area contributed by atoms with Gasteiger partial charge in [-0.05, 0) is 47.3 Å². The Hall–Kier alpha value is -0.540. The third-order valence-corrected chi connectivity index (χ3v) is 3.31. The zero-order chi connectivity index (χ0) is 10.3. The monoisotopic (exact) mass is 255 g/mol. The van der Waals surface area contributed by atoms with E-state index >= 15 is 0 Å². The van der Waals surface area contributed by atoms with Gasteiger partial charge in [-0.25, -0.2) is 0 Å². The Bertz CT molecular complexity index is 372. The lowest BCUT2D eigenvalue weighted by molar-refractivity contribution is 0.401. The number of rotatable bonds is 2. The Labute approximate surface area is 92.6 Å². The Kier molecular flexibility index (Phi) is 2.32. The third kappa shape index (κ3) is 1.55. The first kappa shape index (κ1) is 9.99. The van der Waals surface area contributed by atoms with Gasteiger partial charge in [0.05, 0.1) is 11.6 Å². The molecule has 0 radical (unpaired) electrons. The van der Waals surface area contributed by atoms with Crippen molar-refractivity contribution in [2.75, 3.05) is 7.11 Å². The van der Waals surface area contributed by atoms with Gasteiger partial charge in [-0.1, -0.05) is 6.07 Å². The summed E-state index contributed by atoms with van der Waals surface area (Å²) < 4.78 is 6.36. The minimum Gasteiger partial charge on any atom is -0.495 e. The number of benzene rings is 1. The van der Waals surface area contributed by atoms with E-state index in [0.29, 0.717) is 0 Å². The summed E-state index contributed by atoms with van der Waals surface area (Å²) in [7, 11) is 1.69. The van der Waals surface area contributed by atoms with Crippen molar-refractivity contribution >= 4 is 15.9 Å². The van der Waals surface area contributed by atoms with Crippen molar-refractivity contribution in [3.05, 3.63) is 27.7 Å². The van der Waals surface area contributed by atoms with Gasteiger partial charge in [0.2, 0.25) is 0 Å². The summed E-state index contributed by atoms with van der Waals surface area (Å²) in [5.74, 6) is 0.885. The zero-order valence-corrected chi connectivity index (χ0v) is 10.0. The molecule has 0 heterocycles. The van der Waals surface area contributed by atoms with Crippen LogP contribution >= 0.6 is 15.9 Å². The van der Waals surface area contributed by atoms with E-state index in [1.165, 1.54) is 5.56 Å². The Balaban J connectivity index is 2.56. The Morgan fingerprint density at radius 1 is 1.43 bits per heavy atom. The summed E-state index contributed by atoms with van der Waals surface area (Å²) >= 11 is 3.50. The minimum absolute atomic E-state index is 0.139. The van der Waals surface area contributed by atoms with Gasteiger partial charge < -0.3 is 10.5 Å². The van der Waals surface area contributed by atoms with Crippen molar-refractivity contribution in [1.82, 2.24) is 0 Å². The van der Waals surface area contributed by atoms with Crippen molar-refractivity contribution in [3.8, 4) is 5.75 Å². The van der Waals surface area contributed by atoms with Gasteiger partial charge in [-0.2, -0.15) is 0 Å². The van der Waals surface area contributed by atoms with Gasteiger partial charge in [0.15, 0.2) is 0 Å². The summed E-state index contributed by atoms with van der Waals surface area (Å²) in [5, 5.41) is 0. The second-order valence-corrected chi connectivity index (χ2v) is 4.84. The van der Waals surface area contributed by atoms with Crippen LogP contribution in [-0.2, 0) is 5.54 Å². The molecule has 76 valence electrons. The second kappa shape index (κ2) is 3.24. The molecule has 0 saturated heterocycles. The molecule has 14 heavy (non-hydrogen) atoms. The molecule has 2 rings (SSSR count). The first-order valence-electron chi connectivity index (χ1n) is 4.70. The lowest BCUT2D eigenvalue weighted by Crippen LogP contribution is -2.20. The fourth-order valence-electron chi connectivity index (χ4n) is 1.71. The van der Waals surface area contributed by atoms with Crippen LogP contribution in [0.3, 0.4) is 0 Å². The number of hydrogen-bond acceptors (Lipinski definition) is 2. The Morgan fingerprint density at radius 3 is 2.57 bits per heavy atom. The summed E-state index contributed by atoms with van der Waals surface area (Å²) in [4.78, 5) is 0. The van der Waals surface area contributed by atoms with Crippen LogP contribution < -0.4 is 10.5 Å². The molecule has 3 heteroatoms. The van der Waals surface area contributed by atoms with E-state index in [1.807, 2.05) is 6.07 Å². The summed E-state index contributed by atoms with van der Waals surface area (Å²) in [6, 6.07) is 4.17. The van der Waals surface area contributed by atoms with Crippen LogP contribution in [0.2, 0.25) is 0 Å². The predicted molar refractivity (Wildman–Crippen MR) is 60.5 cm³/mol. The van der Waals surface area contributed by atoms with E-state index in [2.05, 4.69) is 28.9 Å². The summed E-state index contributed by atoms with van der Waals surface area (Å²) in [6.07, 6.45) is 2.11. The number of ether oxygens (including phenoxy) is 1. The van der Waals surface area contributed by atoms with E-state index in [4.69, 9.17) is 10.5 Å². The van der Waals surface area contributed by atoms with Gasteiger partial charge in [-0.15, -0.1) is 0 Å². The van der Waals surface area contributed by atoms with Crippen molar-refractivity contribution in [1.29, 1.82) is 0 Å². The highest BCUT2D eigenvalue weighted by atomic mass is 79.9. The molecule has 1 aromatic rings. The van der Waals surface area contributed by atoms with Crippen LogP contribution in [0.25, 0.3) is 0 Å². The standard InChI is InChI=1S/C11H14BrNO/c1-7-5-8(11(13)3-4-11)10(14-2)9(12)6-7/h5-6H,3-4,13H2,1-2H3. The molecule has 1 fully saturated rings. The molecule has 1 aromatic carbocycles. The molecule has 1 saturated carbocycles. The fraction of sp³-hybridized carbons (Fsp3) is 0.455. The molecule has 0 unspecified atom stereocenters. The number of nitrogens with two attached hydrogens (primary N) is 1. The van der Waals surface area contributed by atoms with Gasteiger partial charge in [0.1, 0.15) is 5.75 Å². The minimum atomic E-state index is -0.139. The highest BCUT2D eigenvalue weighted by Gasteiger charge is 2.42. The van der Waals surface area contributed by atoms with Crippen molar-refractivity contribution in [3.63, 3.8) is 0 Å². The molecule has 0 atom stereocenters. The number of aryl methyl sites for hydroxylation is 1. The molecule has 0 spiro atoms. The molecule has 0 aliphatic heterocycles. The van der Waals surface area contributed by atoms with Gasteiger partial charge in [0, 0.05) is 11.1 Å². The molecule has 1 aliphatic rings. The molecule has 0 aromatic heterocycles. The maximum atomic E-state index is 6.18. The van der Waals surface area contributed by atoms with Crippen LogP contribution in [0.4, 0.5) is 0 Å². The molecule has 0 bridgehead atoms. The summed E-state index contributed by atoms with van der Waals surface area (Å²) in [6.45, 7) is 2.07.